The number of carbonyl (C=O) groups excluding carboxylic acids is 1. The van der Waals surface area contributed by atoms with Crippen molar-refractivity contribution in [3.63, 3.8) is 0 Å². The predicted molar refractivity (Wildman–Crippen MR) is 111 cm³/mol. The van der Waals surface area contributed by atoms with Crippen LogP contribution in [0, 0.1) is 0 Å². The van der Waals surface area contributed by atoms with Crippen LogP contribution in [0.1, 0.15) is 47.1 Å². The smallest absolute Gasteiger partial charge is 0.373 e. The summed E-state index contributed by atoms with van der Waals surface area (Å²) in [6.45, 7) is 2.88. The first kappa shape index (κ1) is 21.1. The van der Waals surface area contributed by atoms with Crippen molar-refractivity contribution in [2.45, 2.75) is 36.8 Å². The van der Waals surface area contributed by atoms with Crippen LogP contribution in [0.15, 0.2) is 52.0 Å². The number of ether oxygens (including phenoxy) is 1. The quantitative estimate of drug-likeness (QED) is 0.428. The fourth-order valence-corrected chi connectivity index (χ4v) is 4.07. The van der Waals surface area contributed by atoms with Crippen LogP contribution in [-0.4, -0.2) is 41.9 Å². The van der Waals surface area contributed by atoms with E-state index in [1.165, 1.54) is 17.6 Å². The van der Waals surface area contributed by atoms with Crippen molar-refractivity contribution < 1.29 is 18.8 Å². The van der Waals surface area contributed by atoms with E-state index in [0.29, 0.717) is 18.1 Å². The molecule has 0 spiro atoms. The third-order valence-corrected chi connectivity index (χ3v) is 5.73. The first-order chi connectivity index (χ1) is 14.0. The van der Waals surface area contributed by atoms with Crippen molar-refractivity contribution >= 4 is 17.7 Å². The highest BCUT2D eigenvalue weighted by molar-refractivity contribution is 7.98. The van der Waals surface area contributed by atoms with E-state index in [-0.39, 0.29) is 11.8 Å². The molecule has 1 atom stereocenters. The van der Waals surface area contributed by atoms with Gasteiger partial charge in [-0.15, -0.1) is 10.2 Å². The molecule has 0 aliphatic heterocycles. The van der Waals surface area contributed by atoms with Gasteiger partial charge < -0.3 is 14.1 Å². The van der Waals surface area contributed by atoms with Crippen LogP contribution in [0.4, 0.5) is 0 Å². The minimum atomic E-state index is -0.476. The van der Waals surface area contributed by atoms with Gasteiger partial charge in [-0.25, -0.2) is 4.79 Å². The number of esters is 1. The lowest BCUT2D eigenvalue weighted by Crippen LogP contribution is -3.06. The van der Waals surface area contributed by atoms with E-state index in [0.717, 1.165) is 17.4 Å². The maximum Gasteiger partial charge on any atom is 0.373 e. The Labute approximate surface area is 175 Å². The molecular weight excluding hydrogens is 388 g/mol. The van der Waals surface area contributed by atoms with Gasteiger partial charge in [-0.1, -0.05) is 49.0 Å². The van der Waals surface area contributed by atoms with Crippen molar-refractivity contribution in [2.75, 3.05) is 21.2 Å². The lowest BCUT2D eigenvalue weighted by atomic mass is 10.2. The summed E-state index contributed by atoms with van der Waals surface area (Å²) in [7, 11) is 5.61. The maximum atomic E-state index is 11.6. The van der Waals surface area contributed by atoms with Gasteiger partial charge in [0.25, 0.3) is 0 Å². The number of hydrogen-bond donors (Lipinski definition) is 1. The molecule has 0 aliphatic carbocycles. The van der Waals surface area contributed by atoms with Crippen molar-refractivity contribution in [3.05, 3.63) is 65.4 Å². The summed E-state index contributed by atoms with van der Waals surface area (Å²) in [5.41, 5.74) is 1.20. The molecule has 1 N–H and O–H groups in total. The third-order valence-electron chi connectivity index (χ3n) is 4.74. The van der Waals surface area contributed by atoms with Gasteiger partial charge in [0.15, 0.2) is 11.0 Å². The molecule has 3 aromatic rings. The normalized spacial score (nSPS) is 12.3. The average Bonchev–Trinajstić information content (AvgIpc) is 3.35. The molecule has 0 bridgehead atoms. The van der Waals surface area contributed by atoms with E-state index in [9.17, 15) is 4.79 Å². The van der Waals surface area contributed by atoms with Crippen LogP contribution < -0.4 is 4.90 Å². The average molecular weight is 416 g/mol. The molecule has 2 heterocycles. The Morgan fingerprint density at radius 1 is 1.21 bits per heavy atom. The second kappa shape index (κ2) is 9.76. The highest BCUT2D eigenvalue weighted by Crippen LogP contribution is 2.26. The zero-order valence-electron chi connectivity index (χ0n) is 17.2. The van der Waals surface area contributed by atoms with Crippen molar-refractivity contribution in [1.29, 1.82) is 0 Å². The molecule has 0 fully saturated rings. The summed E-state index contributed by atoms with van der Waals surface area (Å²) >= 11 is 1.55. The van der Waals surface area contributed by atoms with Gasteiger partial charge >= 0.3 is 5.97 Å². The van der Waals surface area contributed by atoms with Crippen LogP contribution in [0.2, 0.25) is 0 Å². The van der Waals surface area contributed by atoms with Gasteiger partial charge in [0.1, 0.15) is 11.8 Å². The number of benzene rings is 1. The molecule has 0 amide bonds. The standard InChI is InChI=1S/C21H26N4O3S/c1-5-17(24(2)3)19-22-23-21(25(19)13-15-9-7-6-8-10-15)29-14-16-11-12-18(28-16)20(26)27-4/h6-12,17H,5,13-14H2,1-4H3/p+1/t17-/m1/s1. The van der Waals surface area contributed by atoms with E-state index in [2.05, 4.69) is 47.9 Å². The Balaban J connectivity index is 1.84. The van der Waals surface area contributed by atoms with Gasteiger partial charge in [0.2, 0.25) is 5.76 Å². The molecule has 8 heteroatoms. The summed E-state index contributed by atoms with van der Waals surface area (Å²) in [4.78, 5) is 12.9. The largest absolute Gasteiger partial charge is 0.463 e. The summed E-state index contributed by atoms with van der Waals surface area (Å²) in [5, 5.41) is 9.83. The maximum absolute atomic E-state index is 11.6. The Bertz CT molecular complexity index is 937. The molecular formula is C21H27N4O3S+. The number of rotatable bonds is 9. The summed E-state index contributed by atoms with van der Waals surface area (Å²) in [6, 6.07) is 14.0. The lowest BCUT2D eigenvalue weighted by Gasteiger charge is -2.20. The molecule has 1 aromatic carbocycles. The molecule has 0 radical (unpaired) electrons. The molecule has 3 rings (SSSR count). The summed E-state index contributed by atoms with van der Waals surface area (Å²) < 4.78 is 12.5. The molecule has 154 valence electrons. The van der Waals surface area contributed by atoms with E-state index in [1.54, 1.807) is 23.9 Å². The SMILES string of the molecule is CC[C@H](c1nnc(SCc2ccc(C(=O)OC)o2)n1Cc1ccccc1)[NH+](C)C. The lowest BCUT2D eigenvalue weighted by molar-refractivity contribution is -0.893. The molecule has 7 nitrogen and oxygen atoms in total. The van der Waals surface area contributed by atoms with Gasteiger partial charge in [-0.2, -0.15) is 0 Å². The third kappa shape index (κ3) is 5.07. The second-order valence-corrected chi connectivity index (χ2v) is 7.94. The summed E-state index contributed by atoms with van der Waals surface area (Å²) in [5.74, 6) is 1.95. The van der Waals surface area contributed by atoms with Crippen LogP contribution in [0.3, 0.4) is 0 Å². The van der Waals surface area contributed by atoms with Gasteiger partial charge in [-0.3, -0.25) is 4.57 Å². The number of carbonyl (C=O) groups is 1. The van der Waals surface area contributed by atoms with E-state index >= 15 is 0 Å². The zero-order chi connectivity index (χ0) is 20.8. The minimum Gasteiger partial charge on any atom is -0.463 e. The number of nitrogens with one attached hydrogen (secondary N) is 1. The van der Waals surface area contributed by atoms with Crippen molar-refractivity contribution in [2.24, 2.45) is 0 Å². The molecule has 0 saturated heterocycles. The fraction of sp³-hybridized carbons (Fsp3) is 0.381. The van der Waals surface area contributed by atoms with E-state index in [1.807, 2.05) is 18.2 Å². The summed E-state index contributed by atoms with van der Waals surface area (Å²) in [6.07, 6.45) is 0.973. The van der Waals surface area contributed by atoms with E-state index in [4.69, 9.17) is 9.15 Å². The Morgan fingerprint density at radius 2 is 1.97 bits per heavy atom. The first-order valence-corrected chi connectivity index (χ1v) is 10.6. The van der Waals surface area contributed by atoms with Crippen molar-refractivity contribution in [3.8, 4) is 0 Å². The van der Waals surface area contributed by atoms with Gasteiger partial charge in [0, 0.05) is 6.42 Å². The molecule has 2 aromatic heterocycles. The number of aromatic nitrogens is 3. The molecule has 0 saturated carbocycles. The fourth-order valence-electron chi connectivity index (χ4n) is 3.23. The highest BCUT2D eigenvalue weighted by atomic mass is 32.2. The minimum absolute atomic E-state index is 0.205. The van der Waals surface area contributed by atoms with Crippen LogP contribution in [0.5, 0.6) is 0 Å². The number of nitrogens with zero attached hydrogens (tertiary/aromatic N) is 3. The number of methoxy groups -OCH3 is 1. The van der Waals surface area contributed by atoms with Gasteiger partial charge in [-0.05, 0) is 17.7 Å². The van der Waals surface area contributed by atoms with Gasteiger partial charge in [0.05, 0.1) is 33.5 Å². The predicted octanol–water partition coefficient (Wildman–Crippen LogP) is 2.59. The van der Waals surface area contributed by atoms with Crippen LogP contribution >= 0.6 is 11.8 Å². The number of hydrogen-bond acceptors (Lipinski definition) is 6. The highest BCUT2D eigenvalue weighted by Gasteiger charge is 2.25. The number of furan rings is 1. The topological polar surface area (TPSA) is 74.6 Å². The molecule has 0 unspecified atom stereocenters. The van der Waals surface area contributed by atoms with Crippen molar-refractivity contribution in [1.82, 2.24) is 14.8 Å². The monoisotopic (exact) mass is 415 g/mol. The molecule has 0 aliphatic rings. The molecule has 29 heavy (non-hydrogen) atoms. The zero-order valence-corrected chi connectivity index (χ0v) is 18.0. The second-order valence-electron chi connectivity index (χ2n) is 7.00. The first-order valence-electron chi connectivity index (χ1n) is 9.60. The number of thioether (sulfide) groups is 1. The Hall–Kier alpha value is -2.58. The van der Waals surface area contributed by atoms with Crippen LogP contribution in [-0.2, 0) is 17.0 Å². The van der Waals surface area contributed by atoms with E-state index < -0.39 is 5.97 Å². The number of quaternary nitrogens is 1. The van der Waals surface area contributed by atoms with Crippen LogP contribution in [0.25, 0.3) is 0 Å². The Morgan fingerprint density at radius 3 is 2.62 bits per heavy atom. The Kier molecular flexibility index (Phi) is 7.11.